The molecule has 2 aromatic heterocycles. The third-order valence-electron chi connectivity index (χ3n) is 5.54. The van der Waals surface area contributed by atoms with E-state index in [4.69, 9.17) is 4.74 Å². The Kier molecular flexibility index (Phi) is 4.96. The number of methoxy groups -OCH3 is 1. The van der Waals surface area contributed by atoms with Gasteiger partial charge in [-0.15, -0.1) is 11.3 Å². The van der Waals surface area contributed by atoms with E-state index in [0.29, 0.717) is 18.6 Å². The normalized spacial score (nSPS) is 22.8. The summed E-state index contributed by atoms with van der Waals surface area (Å²) >= 11 is 1.70. The lowest BCUT2D eigenvalue weighted by atomic mass is 9.75. The van der Waals surface area contributed by atoms with Crippen molar-refractivity contribution in [3.05, 3.63) is 45.4 Å². The van der Waals surface area contributed by atoms with Gasteiger partial charge in [0, 0.05) is 16.5 Å². The molecule has 2 aromatic rings. The van der Waals surface area contributed by atoms with Crippen LogP contribution in [0, 0.1) is 5.92 Å². The maximum atomic E-state index is 13.0. The van der Waals surface area contributed by atoms with Crippen LogP contribution in [0.15, 0.2) is 23.8 Å². The Hall–Kier alpha value is -1.92. The van der Waals surface area contributed by atoms with Crippen LogP contribution in [0.2, 0.25) is 0 Å². The molecule has 0 spiro atoms. The predicted octanol–water partition coefficient (Wildman–Crippen LogP) is 3.27. The summed E-state index contributed by atoms with van der Waals surface area (Å²) in [6, 6.07) is 1.76. The Balaban J connectivity index is 1.58. The van der Waals surface area contributed by atoms with Crippen molar-refractivity contribution in [2.75, 3.05) is 7.11 Å². The third kappa shape index (κ3) is 3.35. The second-order valence-corrected chi connectivity index (χ2v) is 8.22. The summed E-state index contributed by atoms with van der Waals surface area (Å²) in [5.74, 6) is 0.880. The van der Waals surface area contributed by atoms with Crippen molar-refractivity contribution in [3.63, 3.8) is 0 Å². The zero-order chi connectivity index (χ0) is 18.1. The van der Waals surface area contributed by atoms with Gasteiger partial charge >= 0.3 is 0 Å². The van der Waals surface area contributed by atoms with Crippen molar-refractivity contribution in [2.24, 2.45) is 5.92 Å². The molecule has 2 aliphatic rings. The summed E-state index contributed by atoms with van der Waals surface area (Å²) < 4.78 is 5.29. The van der Waals surface area contributed by atoms with Gasteiger partial charge in [0.15, 0.2) is 0 Å². The Morgan fingerprint density at radius 2 is 2.15 bits per heavy atom. The molecule has 1 amide bonds. The van der Waals surface area contributed by atoms with E-state index in [1.807, 2.05) is 11.4 Å². The quantitative estimate of drug-likeness (QED) is 0.845. The molecule has 6 heteroatoms. The SMILES string of the molecule is COc1cncc(C(NC(=O)c2csc3c2CCCC3)C2CC(O)C2)c1. The minimum Gasteiger partial charge on any atom is -0.495 e. The number of carbonyl (C=O) groups excluding carboxylic acids is 1. The number of ether oxygens (including phenoxy) is 1. The number of nitrogens with one attached hydrogen (secondary N) is 1. The maximum Gasteiger partial charge on any atom is 0.252 e. The minimum absolute atomic E-state index is 0.0152. The van der Waals surface area contributed by atoms with Gasteiger partial charge in [-0.2, -0.15) is 0 Å². The van der Waals surface area contributed by atoms with Crippen molar-refractivity contribution in [2.45, 2.75) is 50.7 Å². The molecule has 26 heavy (non-hydrogen) atoms. The number of aryl methyl sites for hydroxylation is 1. The fraction of sp³-hybridized carbons (Fsp3) is 0.500. The van der Waals surface area contributed by atoms with Gasteiger partial charge in [-0.05, 0) is 61.6 Å². The largest absolute Gasteiger partial charge is 0.495 e. The third-order valence-corrected chi connectivity index (χ3v) is 6.63. The fourth-order valence-electron chi connectivity index (χ4n) is 4.00. The van der Waals surface area contributed by atoms with E-state index in [-0.39, 0.29) is 24.0 Å². The average molecular weight is 372 g/mol. The van der Waals surface area contributed by atoms with Crippen molar-refractivity contribution >= 4 is 17.2 Å². The smallest absolute Gasteiger partial charge is 0.252 e. The molecule has 0 bridgehead atoms. The van der Waals surface area contributed by atoms with Gasteiger partial charge in [0.1, 0.15) is 5.75 Å². The highest BCUT2D eigenvalue weighted by molar-refractivity contribution is 7.10. The molecule has 1 fully saturated rings. The average Bonchev–Trinajstić information content (AvgIpc) is 3.08. The molecule has 1 saturated carbocycles. The number of hydrogen-bond acceptors (Lipinski definition) is 5. The van der Waals surface area contributed by atoms with Crippen molar-refractivity contribution in [1.29, 1.82) is 0 Å². The number of amides is 1. The first-order chi connectivity index (χ1) is 12.7. The molecular formula is C20H24N2O3S. The molecule has 0 radical (unpaired) electrons. The molecule has 2 N–H and O–H groups in total. The van der Waals surface area contributed by atoms with E-state index in [1.54, 1.807) is 30.8 Å². The molecular weight excluding hydrogens is 348 g/mol. The highest BCUT2D eigenvalue weighted by atomic mass is 32.1. The van der Waals surface area contributed by atoms with Gasteiger partial charge in [0.25, 0.3) is 5.91 Å². The molecule has 1 atom stereocenters. The molecule has 0 aliphatic heterocycles. The summed E-state index contributed by atoms with van der Waals surface area (Å²) in [5.41, 5.74) is 2.99. The number of rotatable bonds is 5. The van der Waals surface area contributed by atoms with Gasteiger partial charge < -0.3 is 15.2 Å². The molecule has 0 saturated heterocycles. The lowest BCUT2D eigenvalue weighted by molar-refractivity contribution is 0.0234. The van der Waals surface area contributed by atoms with Crippen molar-refractivity contribution in [3.8, 4) is 5.75 Å². The van der Waals surface area contributed by atoms with Crippen LogP contribution in [0.5, 0.6) is 5.75 Å². The van der Waals surface area contributed by atoms with E-state index in [2.05, 4.69) is 10.3 Å². The number of carbonyl (C=O) groups is 1. The summed E-state index contributed by atoms with van der Waals surface area (Å²) in [4.78, 5) is 18.6. The van der Waals surface area contributed by atoms with Crippen LogP contribution in [-0.2, 0) is 12.8 Å². The minimum atomic E-state index is -0.271. The molecule has 4 rings (SSSR count). The van der Waals surface area contributed by atoms with Crippen molar-refractivity contribution in [1.82, 2.24) is 10.3 Å². The van der Waals surface area contributed by atoms with Crippen LogP contribution in [0.4, 0.5) is 0 Å². The van der Waals surface area contributed by atoms with Crippen LogP contribution in [-0.4, -0.2) is 29.2 Å². The fourth-order valence-corrected chi connectivity index (χ4v) is 5.12. The number of pyridine rings is 1. The molecule has 0 aromatic carbocycles. The number of aromatic nitrogens is 1. The highest BCUT2D eigenvalue weighted by Gasteiger charge is 2.36. The molecule has 1 unspecified atom stereocenters. The number of aliphatic hydroxyl groups excluding tert-OH is 1. The van der Waals surface area contributed by atoms with Gasteiger partial charge in [-0.3, -0.25) is 9.78 Å². The van der Waals surface area contributed by atoms with Crippen LogP contribution in [0.1, 0.15) is 58.1 Å². The zero-order valence-electron chi connectivity index (χ0n) is 14.9. The van der Waals surface area contributed by atoms with Crippen LogP contribution in [0.3, 0.4) is 0 Å². The van der Waals surface area contributed by atoms with E-state index in [1.165, 1.54) is 16.9 Å². The van der Waals surface area contributed by atoms with E-state index < -0.39 is 0 Å². The zero-order valence-corrected chi connectivity index (χ0v) is 15.7. The van der Waals surface area contributed by atoms with Crippen LogP contribution >= 0.6 is 11.3 Å². The van der Waals surface area contributed by atoms with E-state index in [9.17, 15) is 9.90 Å². The second-order valence-electron chi connectivity index (χ2n) is 7.25. The molecule has 2 aliphatic carbocycles. The predicted molar refractivity (Wildman–Crippen MR) is 101 cm³/mol. The number of fused-ring (bicyclic) bond motifs is 1. The van der Waals surface area contributed by atoms with Gasteiger partial charge in [-0.1, -0.05) is 0 Å². The van der Waals surface area contributed by atoms with Crippen molar-refractivity contribution < 1.29 is 14.6 Å². The first-order valence-corrected chi connectivity index (χ1v) is 10.1. The maximum absolute atomic E-state index is 13.0. The number of nitrogens with zero attached hydrogens (tertiary/aromatic N) is 1. The van der Waals surface area contributed by atoms with Gasteiger partial charge in [0.05, 0.1) is 31.0 Å². The Morgan fingerprint density at radius 3 is 2.92 bits per heavy atom. The summed E-state index contributed by atoms with van der Waals surface area (Å²) in [7, 11) is 1.61. The van der Waals surface area contributed by atoms with Crippen LogP contribution in [0.25, 0.3) is 0 Å². The first kappa shape index (κ1) is 17.5. The monoisotopic (exact) mass is 372 g/mol. The van der Waals surface area contributed by atoms with E-state index in [0.717, 1.165) is 30.4 Å². The van der Waals surface area contributed by atoms with Gasteiger partial charge in [0.2, 0.25) is 0 Å². The number of aliphatic hydroxyl groups is 1. The summed E-state index contributed by atoms with van der Waals surface area (Å²) in [5, 5.41) is 15.0. The second kappa shape index (κ2) is 7.37. The topological polar surface area (TPSA) is 71.5 Å². The Morgan fingerprint density at radius 1 is 1.35 bits per heavy atom. The summed E-state index contributed by atoms with van der Waals surface area (Å²) in [6.07, 6.45) is 9.02. The molecule has 5 nitrogen and oxygen atoms in total. The first-order valence-electron chi connectivity index (χ1n) is 9.23. The highest BCUT2D eigenvalue weighted by Crippen LogP contribution is 2.39. The lowest BCUT2D eigenvalue weighted by Crippen LogP contribution is -2.41. The Labute approximate surface area is 157 Å². The molecule has 2 heterocycles. The number of thiophene rings is 1. The lowest BCUT2D eigenvalue weighted by Gasteiger charge is -2.38. The van der Waals surface area contributed by atoms with Crippen LogP contribution < -0.4 is 10.1 Å². The Bertz CT molecular complexity index is 798. The summed E-state index contributed by atoms with van der Waals surface area (Å²) in [6.45, 7) is 0. The molecule has 138 valence electrons. The van der Waals surface area contributed by atoms with Gasteiger partial charge in [-0.25, -0.2) is 0 Å². The number of hydrogen-bond donors (Lipinski definition) is 2. The van der Waals surface area contributed by atoms with E-state index >= 15 is 0 Å². The standard InChI is InChI=1S/C20H24N2O3S/c1-25-15-8-13(9-21-10-15)19(12-6-14(23)7-12)22-20(24)17-11-26-18-5-3-2-4-16(17)18/h8-12,14,19,23H,2-7H2,1H3,(H,22,24).